The molecule has 0 aromatic rings. The van der Waals surface area contributed by atoms with Crippen LogP contribution < -0.4 is 11.1 Å². The molecule has 0 rings (SSSR count). The van der Waals surface area contributed by atoms with E-state index in [4.69, 9.17) is 10.8 Å². The molecule has 7 nitrogen and oxygen atoms in total. The molecular weight excluding hydrogens is 240 g/mol. The highest BCUT2D eigenvalue weighted by atomic mass is 16.5. The van der Waals surface area contributed by atoms with Gasteiger partial charge in [-0.2, -0.15) is 0 Å². The van der Waals surface area contributed by atoms with Gasteiger partial charge in [-0.15, -0.1) is 0 Å². The summed E-state index contributed by atoms with van der Waals surface area (Å²) in [6.45, 7) is 5.18. The SMILES string of the molecule is CCOC(=O)C(N)C(=O)NC(C(=O)O)C(C)CC. The van der Waals surface area contributed by atoms with Crippen molar-refractivity contribution in [3.8, 4) is 0 Å². The number of carbonyl (C=O) groups excluding carboxylic acids is 2. The van der Waals surface area contributed by atoms with Crippen molar-refractivity contribution < 1.29 is 24.2 Å². The van der Waals surface area contributed by atoms with Gasteiger partial charge in [0.2, 0.25) is 5.91 Å². The van der Waals surface area contributed by atoms with E-state index in [9.17, 15) is 14.4 Å². The molecule has 0 fully saturated rings. The molecule has 3 atom stereocenters. The molecular formula is C11H20N2O5. The van der Waals surface area contributed by atoms with Crippen molar-refractivity contribution in [2.75, 3.05) is 6.61 Å². The minimum absolute atomic E-state index is 0.105. The highest BCUT2D eigenvalue weighted by Crippen LogP contribution is 2.08. The van der Waals surface area contributed by atoms with E-state index in [0.717, 1.165) is 0 Å². The van der Waals surface area contributed by atoms with Gasteiger partial charge in [0.15, 0.2) is 6.04 Å². The topological polar surface area (TPSA) is 119 Å². The summed E-state index contributed by atoms with van der Waals surface area (Å²) in [4.78, 5) is 33.8. The number of hydrogen-bond donors (Lipinski definition) is 3. The molecule has 0 saturated heterocycles. The van der Waals surface area contributed by atoms with Crippen LogP contribution in [0.15, 0.2) is 0 Å². The van der Waals surface area contributed by atoms with E-state index in [-0.39, 0.29) is 12.5 Å². The third kappa shape index (κ3) is 4.70. The number of hydrogen-bond acceptors (Lipinski definition) is 5. The molecule has 0 bridgehead atoms. The van der Waals surface area contributed by atoms with Crippen molar-refractivity contribution >= 4 is 17.8 Å². The van der Waals surface area contributed by atoms with Crippen molar-refractivity contribution in [2.45, 2.75) is 39.3 Å². The van der Waals surface area contributed by atoms with Gasteiger partial charge >= 0.3 is 11.9 Å². The van der Waals surface area contributed by atoms with Crippen LogP contribution in [0.3, 0.4) is 0 Å². The maximum absolute atomic E-state index is 11.6. The molecule has 0 spiro atoms. The molecule has 104 valence electrons. The number of nitrogens with two attached hydrogens (primary N) is 1. The van der Waals surface area contributed by atoms with Gasteiger partial charge in [0.1, 0.15) is 6.04 Å². The molecule has 0 aliphatic carbocycles. The smallest absolute Gasteiger partial charge is 0.332 e. The van der Waals surface area contributed by atoms with E-state index in [1.165, 1.54) is 0 Å². The highest BCUT2D eigenvalue weighted by molar-refractivity contribution is 6.02. The normalized spacial score (nSPS) is 15.3. The minimum atomic E-state index is -1.50. The van der Waals surface area contributed by atoms with E-state index < -0.39 is 29.9 Å². The number of esters is 1. The zero-order chi connectivity index (χ0) is 14.3. The molecule has 3 unspecified atom stereocenters. The lowest BCUT2D eigenvalue weighted by molar-refractivity contribution is -0.150. The molecule has 4 N–H and O–H groups in total. The standard InChI is InChI=1S/C11H20N2O5/c1-4-6(3)8(10(15)16)13-9(14)7(12)11(17)18-5-2/h6-8H,4-5,12H2,1-3H3,(H,13,14)(H,15,16). The monoisotopic (exact) mass is 260 g/mol. The maximum atomic E-state index is 11.6. The molecule has 0 aliphatic rings. The number of carbonyl (C=O) groups is 3. The molecule has 0 radical (unpaired) electrons. The van der Waals surface area contributed by atoms with Crippen LogP contribution >= 0.6 is 0 Å². The summed E-state index contributed by atoms with van der Waals surface area (Å²) >= 11 is 0. The second-order valence-corrected chi connectivity index (χ2v) is 3.94. The summed E-state index contributed by atoms with van der Waals surface area (Å²) < 4.78 is 4.58. The Morgan fingerprint density at radius 2 is 1.89 bits per heavy atom. The van der Waals surface area contributed by atoms with Crippen molar-refractivity contribution in [3.05, 3.63) is 0 Å². The lowest BCUT2D eigenvalue weighted by atomic mass is 9.99. The predicted molar refractivity (Wildman–Crippen MR) is 63.6 cm³/mol. The van der Waals surface area contributed by atoms with Gasteiger partial charge < -0.3 is 20.9 Å². The van der Waals surface area contributed by atoms with Crippen molar-refractivity contribution in [3.63, 3.8) is 0 Å². The van der Waals surface area contributed by atoms with Crippen LogP contribution in [-0.4, -0.2) is 41.6 Å². The van der Waals surface area contributed by atoms with Crippen LogP contribution in [-0.2, 0) is 19.1 Å². The van der Waals surface area contributed by atoms with Crippen molar-refractivity contribution in [1.29, 1.82) is 0 Å². The lowest BCUT2D eigenvalue weighted by Crippen LogP contribution is -2.53. The first-order valence-electron chi connectivity index (χ1n) is 5.80. The summed E-state index contributed by atoms with van der Waals surface area (Å²) in [5.74, 6) is -3.14. The van der Waals surface area contributed by atoms with Gasteiger partial charge in [0.05, 0.1) is 6.61 Å². The van der Waals surface area contributed by atoms with E-state index in [1.807, 2.05) is 0 Å². The average Bonchev–Trinajstić information content (AvgIpc) is 2.33. The van der Waals surface area contributed by atoms with E-state index in [0.29, 0.717) is 6.42 Å². The number of nitrogens with one attached hydrogen (secondary N) is 1. The third-order valence-electron chi connectivity index (χ3n) is 2.60. The Bertz CT molecular complexity index is 319. The number of aliphatic carboxylic acids is 1. The van der Waals surface area contributed by atoms with Crippen LogP contribution in [0.4, 0.5) is 0 Å². The fourth-order valence-electron chi connectivity index (χ4n) is 1.27. The Morgan fingerprint density at radius 3 is 2.28 bits per heavy atom. The van der Waals surface area contributed by atoms with Crippen LogP contribution in [0.1, 0.15) is 27.2 Å². The fraction of sp³-hybridized carbons (Fsp3) is 0.727. The van der Waals surface area contributed by atoms with Gasteiger partial charge in [-0.1, -0.05) is 20.3 Å². The van der Waals surface area contributed by atoms with E-state index in [2.05, 4.69) is 10.1 Å². The number of carboxylic acid groups (broad SMARTS) is 1. The molecule has 0 aromatic carbocycles. The number of carboxylic acids is 1. The number of ether oxygens (including phenoxy) is 1. The second-order valence-electron chi connectivity index (χ2n) is 3.94. The summed E-state index contributed by atoms with van der Waals surface area (Å²) in [6.07, 6.45) is 0.575. The Labute approximate surface area is 106 Å². The molecule has 0 heterocycles. The second kappa shape index (κ2) is 7.65. The first-order valence-corrected chi connectivity index (χ1v) is 5.80. The van der Waals surface area contributed by atoms with Gasteiger partial charge in [0, 0.05) is 0 Å². The van der Waals surface area contributed by atoms with Crippen LogP contribution in [0, 0.1) is 5.92 Å². The maximum Gasteiger partial charge on any atom is 0.332 e. The first kappa shape index (κ1) is 16.4. The zero-order valence-electron chi connectivity index (χ0n) is 10.8. The van der Waals surface area contributed by atoms with Crippen LogP contribution in [0.25, 0.3) is 0 Å². The Kier molecular flexibility index (Phi) is 6.96. The average molecular weight is 260 g/mol. The van der Waals surface area contributed by atoms with Gasteiger partial charge in [-0.25, -0.2) is 9.59 Å². The number of rotatable bonds is 7. The Hall–Kier alpha value is -1.63. The largest absolute Gasteiger partial charge is 0.480 e. The Balaban J connectivity index is 4.60. The van der Waals surface area contributed by atoms with Crippen LogP contribution in [0.5, 0.6) is 0 Å². The zero-order valence-corrected chi connectivity index (χ0v) is 10.8. The van der Waals surface area contributed by atoms with E-state index in [1.54, 1.807) is 20.8 Å². The summed E-state index contributed by atoms with van der Waals surface area (Å²) in [5, 5.41) is 11.2. The summed E-state index contributed by atoms with van der Waals surface area (Å²) in [5.41, 5.74) is 5.36. The third-order valence-corrected chi connectivity index (χ3v) is 2.60. The van der Waals surface area contributed by atoms with Crippen LogP contribution in [0.2, 0.25) is 0 Å². The molecule has 18 heavy (non-hydrogen) atoms. The van der Waals surface area contributed by atoms with Crippen molar-refractivity contribution in [2.24, 2.45) is 11.7 Å². The molecule has 1 amide bonds. The fourth-order valence-corrected chi connectivity index (χ4v) is 1.27. The molecule has 0 aliphatic heterocycles. The minimum Gasteiger partial charge on any atom is -0.480 e. The molecule has 7 heteroatoms. The lowest BCUT2D eigenvalue weighted by Gasteiger charge is -2.21. The summed E-state index contributed by atoms with van der Waals surface area (Å²) in [6, 6.07) is -2.57. The van der Waals surface area contributed by atoms with Gasteiger partial charge in [0.25, 0.3) is 0 Å². The van der Waals surface area contributed by atoms with Gasteiger partial charge in [-0.05, 0) is 12.8 Å². The molecule has 0 saturated carbocycles. The highest BCUT2D eigenvalue weighted by Gasteiger charge is 2.30. The number of amides is 1. The quantitative estimate of drug-likeness (QED) is 0.419. The van der Waals surface area contributed by atoms with Crippen molar-refractivity contribution in [1.82, 2.24) is 5.32 Å². The molecule has 0 aromatic heterocycles. The Morgan fingerprint density at radius 1 is 1.33 bits per heavy atom. The van der Waals surface area contributed by atoms with E-state index >= 15 is 0 Å². The van der Waals surface area contributed by atoms with Gasteiger partial charge in [-0.3, -0.25) is 4.79 Å². The first-order chi connectivity index (χ1) is 8.34. The summed E-state index contributed by atoms with van der Waals surface area (Å²) in [7, 11) is 0. The predicted octanol–water partition coefficient (Wildman–Crippen LogP) is -0.508.